The number of hydrogen-bond donors (Lipinski definition) is 0. The van der Waals surface area contributed by atoms with Gasteiger partial charge in [-0.25, -0.2) is 0 Å². The summed E-state index contributed by atoms with van der Waals surface area (Å²) >= 11 is 0. The summed E-state index contributed by atoms with van der Waals surface area (Å²) in [6.07, 6.45) is -4.38. The Morgan fingerprint density at radius 2 is 1.81 bits per heavy atom. The molecule has 0 spiro atoms. The predicted molar refractivity (Wildman–Crippen MR) is 52.3 cm³/mol. The van der Waals surface area contributed by atoms with Crippen molar-refractivity contribution >= 4 is 5.78 Å². The number of rotatable bonds is 5. The van der Waals surface area contributed by atoms with Crippen LogP contribution in [-0.2, 0) is 4.74 Å². The fourth-order valence-corrected chi connectivity index (χ4v) is 1.12. The van der Waals surface area contributed by atoms with Gasteiger partial charge in [0.25, 0.3) is 0 Å². The molecule has 16 heavy (non-hydrogen) atoms. The second-order valence-corrected chi connectivity index (χ2v) is 3.21. The van der Waals surface area contributed by atoms with E-state index in [-0.39, 0.29) is 18.8 Å². The van der Waals surface area contributed by atoms with E-state index in [1.54, 1.807) is 30.3 Å². The van der Waals surface area contributed by atoms with Crippen LogP contribution in [0.1, 0.15) is 16.8 Å². The molecule has 0 unspecified atom stereocenters. The van der Waals surface area contributed by atoms with E-state index in [4.69, 9.17) is 0 Å². The third kappa shape index (κ3) is 4.93. The molecule has 0 atom stereocenters. The van der Waals surface area contributed by atoms with Gasteiger partial charge in [-0.15, -0.1) is 0 Å². The van der Waals surface area contributed by atoms with E-state index in [9.17, 15) is 18.0 Å². The van der Waals surface area contributed by atoms with Gasteiger partial charge >= 0.3 is 6.18 Å². The molecule has 0 saturated carbocycles. The van der Waals surface area contributed by atoms with Crippen LogP contribution in [0.4, 0.5) is 13.2 Å². The molecule has 0 N–H and O–H groups in total. The summed E-state index contributed by atoms with van der Waals surface area (Å²) < 4.78 is 39.4. The van der Waals surface area contributed by atoms with Crippen LogP contribution in [0.25, 0.3) is 0 Å². The molecule has 5 heteroatoms. The maximum absolute atomic E-state index is 11.7. The summed E-state index contributed by atoms with van der Waals surface area (Å²) in [5, 5.41) is 0. The first-order valence-corrected chi connectivity index (χ1v) is 4.72. The van der Waals surface area contributed by atoms with Gasteiger partial charge in [0.05, 0.1) is 6.61 Å². The average molecular weight is 232 g/mol. The highest BCUT2D eigenvalue weighted by Gasteiger charge is 2.27. The molecule has 0 bridgehead atoms. The van der Waals surface area contributed by atoms with Crippen LogP contribution in [0.5, 0.6) is 0 Å². The third-order valence-electron chi connectivity index (χ3n) is 1.83. The molecule has 88 valence electrons. The molecule has 0 aliphatic rings. The van der Waals surface area contributed by atoms with Crippen molar-refractivity contribution in [3.8, 4) is 0 Å². The Bertz CT molecular complexity index is 333. The van der Waals surface area contributed by atoms with Crippen molar-refractivity contribution in [3.05, 3.63) is 35.9 Å². The van der Waals surface area contributed by atoms with Crippen molar-refractivity contribution in [1.29, 1.82) is 0 Å². The summed E-state index contributed by atoms with van der Waals surface area (Å²) in [6, 6.07) is 8.39. The van der Waals surface area contributed by atoms with E-state index in [0.717, 1.165) is 0 Å². The lowest BCUT2D eigenvalue weighted by Crippen LogP contribution is -2.18. The number of ketones is 1. The molecule has 1 rings (SSSR count). The molecule has 0 radical (unpaired) electrons. The molecule has 1 aromatic rings. The molecule has 1 aromatic carbocycles. The Morgan fingerprint density at radius 3 is 2.38 bits per heavy atom. The maximum Gasteiger partial charge on any atom is 0.411 e. The lowest BCUT2D eigenvalue weighted by molar-refractivity contribution is -0.173. The first-order chi connectivity index (χ1) is 7.49. The first-order valence-electron chi connectivity index (χ1n) is 4.72. The van der Waals surface area contributed by atoms with Crippen LogP contribution in [0.2, 0.25) is 0 Å². The summed E-state index contributed by atoms with van der Waals surface area (Å²) in [7, 11) is 0. The fraction of sp³-hybridized carbons (Fsp3) is 0.364. The zero-order valence-corrected chi connectivity index (χ0v) is 8.46. The van der Waals surface area contributed by atoms with Gasteiger partial charge in [0.1, 0.15) is 6.61 Å². The maximum atomic E-state index is 11.7. The lowest BCUT2D eigenvalue weighted by Gasteiger charge is -2.06. The third-order valence-corrected chi connectivity index (χ3v) is 1.83. The van der Waals surface area contributed by atoms with Crippen LogP contribution in [0, 0.1) is 0 Å². The Morgan fingerprint density at radius 1 is 1.19 bits per heavy atom. The van der Waals surface area contributed by atoms with E-state index in [1.807, 2.05) is 0 Å². The monoisotopic (exact) mass is 232 g/mol. The zero-order chi connectivity index (χ0) is 12.0. The van der Waals surface area contributed by atoms with Gasteiger partial charge in [0, 0.05) is 12.0 Å². The molecule has 0 aromatic heterocycles. The van der Waals surface area contributed by atoms with Crippen LogP contribution in [-0.4, -0.2) is 25.2 Å². The van der Waals surface area contributed by atoms with E-state index in [2.05, 4.69) is 4.74 Å². The van der Waals surface area contributed by atoms with E-state index in [0.29, 0.717) is 5.56 Å². The van der Waals surface area contributed by atoms with Crippen LogP contribution in [0.15, 0.2) is 30.3 Å². The second kappa shape index (κ2) is 5.65. The van der Waals surface area contributed by atoms with Crippen LogP contribution in [0.3, 0.4) is 0 Å². The highest BCUT2D eigenvalue weighted by atomic mass is 19.4. The predicted octanol–water partition coefficient (Wildman–Crippen LogP) is 2.84. The van der Waals surface area contributed by atoms with E-state index >= 15 is 0 Å². The number of benzene rings is 1. The van der Waals surface area contributed by atoms with Gasteiger partial charge in [-0.3, -0.25) is 4.79 Å². The topological polar surface area (TPSA) is 26.3 Å². The smallest absolute Gasteiger partial charge is 0.372 e. The number of Topliss-reactive ketones (excluding diaryl/α,β-unsaturated/α-hetero) is 1. The van der Waals surface area contributed by atoms with Gasteiger partial charge < -0.3 is 4.74 Å². The molecule has 0 fully saturated rings. The van der Waals surface area contributed by atoms with Gasteiger partial charge in [-0.1, -0.05) is 30.3 Å². The van der Waals surface area contributed by atoms with Crippen LogP contribution < -0.4 is 0 Å². The molecule has 0 heterocycles. The molecule has 0 aliphatic carbocycles. The Kier molecular flexibility index (Phi) is 4.49. The van der Waals surface area contributed by atoms with Gasteiger partial charge in [0.15, 0.2) is 5.78 Å². The lowest BCUT2D eigenvalue weighted by atomic mass is 10.1. The summed E-state index contributed by atoms with van der Waals surface area (Å²) in [5.41, 5.74) is 0.484. The van der Waals surface area contributed by atoms with Crippen molar-refractivity contribution < 1.29 is 22.7 Å². The van der Waals surface area contributed by atoms with Crippen molar-refractivity contribution in [3.63, 3.8) is 0 Å². The molecular weight excluding hydrogens is 221 g/mol. The van der Waals surface area contributed by atoms with Crippen molar-refractivity contribution in [1.82, 2.24) is 0 Å². The Balaban J connectivity index is 2.27. The highest BCUT2D eigenvalue weighted by molar-refractivity contribution is 5.96. The van der Waals surface area contributed by atoms with Crippen LogP contribution >= 0.6 is 0 Å². The van der Waals surface area contributed by atoms with Gasteiger partial charge in [0.2, 0.25) is 0 Å². The molecular formula is C11H11F3O2. The summed E-state index contributed by atoms with van der Waals surface area (Å²) in [4.78, 5) is 11.4. The minimum Gasteiger partial charge on any atom is -0.372 e. The van der Waals surface area contributed by atoms with Crippen molar-refractivity contribution in [2.75, 3.05) is 13.2 Å². The fourth-order valence-electron chi connectivity index (χ4n) is 1.12. The second-order valence-electron chi connectivity index (χ2n) is 3.21. The summed E-state index contributed by atoms with van der Waals surface area (Å²) in [5.74, 6) is -0.220. The normalized spacial score (nSPS) is 11.4. The minimum atomic E-state index is -4.34. The number of carbonyl (C=O) groups is 1. The standard InChI is InChI=1S/C11H11F3O2/c12-11(13,14)8-16-7-6-10(15)9-4-2-1-3-5-9/h1-5H,6-8H2. The molecule has 2 nitrogen and oxygen atoms in total. The Labute approximate surface area is 91.0 Å². The number of carbonyl (C=O) groups excluding carboxylic acids is 1. The average Bonchev–Trinajstić information content (AvgIpc) is 2.24. The zero-order valence-electron chi connectivity index (χ0n) is 8.46. The molecule has 0 aliphatic heterocycles. The number of ether oxygens (including phenoxy) is 1. The Hall–Kier alpha value is -1.36. The van der Waals surface area contributed by atoms with Crippen molar-refractivity contribution in [2.24, 2.45) is 0 Å². The van der Waals surface area contributed by atoms with Gasteiger partial charge in [-0.05, 0) is 0 Å². The summed E-state index contributed by atoms with van der Waals surface area (Å²) in [6.45, 7) is -1.53. The SMILES string of the molecule is O=C(CCOCC(F)(F)F)c1ccccc1. The van der Waals surface area contributed by atoms with E-state index in [1.165, 1.54) is 0 Å². The first kappa shape index (κ1) is 12.7. The quantitative estimate of drug-likeness (QED) is 0.576. The largest absolute Gasteiger partial charge is 0.411 e. The number of alkyl halides is 3. The molecule has 0 amide bonds. The minimum absolute atomic E-state index is 0.0416. The number of hydrogen-bond acceptors (Lipinski definition) is 2. The van der Waals surface area contributed by atoms with Gasteiger partial charge in [-0.2, -0.15) is 13.2 Å². The molecule has 0 saturated heterocycles. The number of halogens is 3. The van der Waals surface area contributed by atoms with E-state index < -0.39 is 12.8 Å². The van der Waals surface area contributed by atoms with Crippen molar-refractivity contribution in [2.45, 2.75) is 12.6 Å². The highest BCUT2D eigenvalue weighted by Crippen LogP contribution is 2.14.